The number of carbonyl (C=O) groups is 2. The number of allylic oxidation sites excluding steroid dienone is 1. The molecule has 29 heavy (non-hydrogen) atoms. The Balaban J connectivity index is 1.41. The highest BCUT2D eigenvalue weighted by Crippen LogP contribution is 2.19. The van der Waals surface area contributed by atoms with Crippen LogP contribution in [0.15, 0.2) is 42.0 Å². The molecule has 2 amide bonds. The predicted molar refractivity (Wildman–Crippen MR) is 118 cm³/mol. The average Bonchev–Trinajstić information content (AvgIpc) is 3.24. The summed E-state index contributed by atoms with van der Waals surface area (Å²) < 4.78 is 0. The highest BCUT2D eigenvalue weighted by Gasteiger charge is 2.28. The minimum absolute atomic E-state index is 0.0162. The van der Waals surface area contributed by atoms with Crippen LogP contribution in [0.25, 0.3) is 0 Å². The molecule has 1 saturated heterocycles. The lowest BCUT2D eigenvalue weighted by Crippen LogP contribution is -2.51. The maximum absolute atomic E-state index is 12.6. The predicted octanol–water partition coefficient (Wildman–Crippen LogP) is 2.56. The molecular formula is C22H30N4O2S. The molecule has 1 aromatic rings. The van der Waals surface area contributed by atoms with Crippen molar-refractivity contribution in [3.8, 4) is 0 Å². The standard InChI is InChI=1S/C22H30N4O2S/c27-20(16-19-10-5-2-6-11-19)24-17-21(28)25-14-7-15-26(25)22(29)23-13-12-18-8-3-1-4-9-18/h2,5-6,8,10-11H,1,3-4,7,9,12-17H2,(H,23,29)(H,24,27). The van der Waals surface area contributed by atoms with Gasteiger partial charge >= 0.3 is 0 Å². The van der Waals surface area contributed by atoms with E-state index in [0.29, 0.717) is 11.7 Å². The number of hydrogen-bond acceptors (Lipinski definition) is 3. The molecule has 1 aliphatic carbocycles. The number of rotatable bonds is 7. The summed E-state index contributed by atoms with van der Waals surface area (Å²) in [6, 6.07) is 9.51. The van der Waals surface area contributed by atoms with Gasteiger partial charge in [-0.15, -0.1) is 0 Å². The van der Waals surface area contributed by atoms with E-state index in [2.05, 4.69) is 16.7 Å². The van der Waals surface area contributed by atoms with E-state index in [1.807, 2.05) is 35.3 Å². The van der Waals surface area contributed by atoms with Crippen LogP contribution in [0.2, 0.25) is 0 Å². The second-order valence-electron chi connectivity index (χ2n) is 7.52. The number of amides is 2. The summed E-state index contributed by atoms with van der Waals surface area (Å²) in [5, 5.41) is 10.1. The molecule has 0 saturated carbocycles. The minimum Gasteiger partial charge on any atom is -0.361 e. The summed E-state index contributed by atoms with van der Waals surface area (Å²) in [5.74, 6) is -0.292. The maximum Gasteiger partial charge on any atom is 0.260 e. The molecule has 3 rings (SSSR count). The van der Waals surface area contributed by atoms with E-state index in [9.17, 15) is 9.59 Å². The Hall–Kier alpha value is -2.41. The number of thiocarbonyl (C=S) groups is 1. The Labute approximate surface area is 178 Å². The summed E-state index contributed by atoms with van der Waals surface area (Å²) in [4.78, 5) is 24.7. The van der Waals surface area contributed by atoms with Crippen molar-refractivity contribution in [2.24, 2.45) is 0 Å². The molecule has 1 fully saturated rings. The average molecular weight is 415 g/mol. The number of hydrogen-bond donors (Lipinski definition) is 2. The highest BCUT2D eigenvalue weighted by molar-refractivity contribution is 7.80. The van der Waals surface area contributed by atoms with Crippen molar-refractivity contribution in [3.05, 3.63) is 47.5 Å². The third-order valence-corrected chi connectivity index (χ3v) is 5.66. The number of carbonyl (C=O) groups excluding carboxylic acids is 2. The second kappa shape index (κ2) is 11.0. The van der Waals surface area contributed by atoms with Gasteiger partial charge in [0.25, 0.3) is 5.91 Å². The lowest BCUT2D eigenvalue weighted by molar-refractivity contribution is -0.139. The van der Waals surface area contributed by atoms with Crippen molar-refractivity contribution in [1.29, 1.82) is 0 Å². The zero-order chi connectivity index (χ0) is 20.5. The third-order valence-electron chi connectivity index (χ3n) is 5.31. The quantitative estimate of drug-likeness (QED) is 0.530. The maximum atomic E-state index is 12.6. The van der Waals surface area contributed by atoms with Crippen LogP contribution in [0.3, 0.4) is 0 Å². The van der Waals surface area contributed by atoms with Gasteiger partial charge < -0.3 is 10.6 Å². The lowest BCUT2D eigenvalue weighted by atomic mass is 9.97. The van der Waals surface area contributed by atoms with Crippen molar-refractivity contribution >= 4 is 29.1 Å². The van der Waals surface area contributed by atoms with Crippen LogP contribution in [0.4, 0.5) is 0 Å². The van der Waals surface area contributed by atoms with E-state index in [1.54, 1.807) is 5.01 Å². The first-order chi connectivity index (χ1) is 14.1. The fourth-order valence-corrected chi connectivity index (χ4v) is 4.04. The minimum atomic E-state index is -0.156. The first-order valence-corrected chi connectivity index (χ1v) is 10.9. The van der Waals surface area contributed by atoms with Crippen LogP contribution in [0.5, 0.6) is 0 Å². The van der Waals surface area contributed by atoms with Crippen LogP contribution in [-0.2, 0) is 16.0 Å². The van der Waals surface area contributed by atoms with Gasteiger partial charge in [-0.05, 0) is 56.3 Å². The molecule has 7 heteroatoms. The summed E-state index contributed by atoms with van der Waals surface area (Å²) in [5.41, 5.74) is 2.43. The van der Waals surface area contributed by atoms with Crippen molar-refractivity contribution < 1.29 is 9.59 Å². The van der Waals surface area contributed by atoms with E-state index >= 15 is 0 Å². The van der Waals surface area contributed by atoms with Gasteiger partial charge in [-0.3, -0.25) is 19.6 Å². The van der Waals surface area contributed by atoms with Gasteiger partial charge in [0.2, 0.25) is 5.91 Å². The van der Waals surface area contributed by atoms with Crippen molar-refractivity contribution in [2.45, 2.75) is 44.9 Å². The van der Waals surface area contributed by atoms with E-state index in [1.165, 1.54) is 31.3 Å². The molecule has 1 aliphatic heterocycles. The number of hydrazine groups is 1. The molecule has 2 N–H and O–H groups in total. The summed E-state index contributed by atoms with van der Waals surface area (Å²) in [6.07, 6.45) is 9.43. The summed E-state index contributed by atoms with van der Waals surface area (Å²) in [7, 11) is 0. The highest BCUT2D eigenvalue weighted by atomic mass is 32.1. The Morgan fingerprint density at radius 1 is 1.00 bits per heavy atom. The monoisotopic (exact) mass is 414 g/mol. The third kappa shape index (κ3) is 6.56. The molecule has 6 nitrogen and oxygen atoms in total. The number of benzene rings is 1. The van der Waals surface area contributed by atoms with Crippen LogP contribution < -0.4 is 10.6 Å². The molecule has 0 spiro atoms. The molecule has 156 valence electrons. The fraction of sp³-hybridized carbons (Fsp3) is 0.500. The second-order valence-corrected chi connectivity index (χ2v) is 7.91. The van der Waals surface area contributed by atoms with Gasteiger partial charge in [0.1, 0.15) is 0 Å². The van der Waals surface area contributed by atoms with E-state index in [0.717, 1.165) is 31.5 Å². The molecule has 2 aliphatic rings. The fourth-order valence-electron chi connectivity index (χ4n) is 3.74. The Morgan fingerprint density at radius 3 is 2.55 bits per heavy atom. The summed E-state index contributed by atoms with van der Waals surface area (Å²) >= 11 is 5.51. The van der Waals surface area contributed by atoms with Crippen molar-refractivity contribution in [3.63, 3.8) is 0 Å². The van der Waals surface area contributed by atoms with Gasteiger partial charge in [0, 0.05) is 19.6 Å². The van der Waals surface area contributed by atoms with Crippen molar-refractivity contribution in [2.75, 3.05) is 26.2 Å². The summed E-state index contributed by atoms with van der Waals surface area (Å²) in [6.45, 7) is 2.12. The van der Waals surface area contributed by atoms with Crippen molar-refractivity contribution in [1.82, 2.24) is 20.7 Å². The Kier molecular flexibility index (Phi) is 8.04. The van der Waals surface area contributed by atoms with E-state index in [-0.39, 0.29) is 24.8 Å². The zero-order valence-corrected chi connectivity index (χ0v) is 17.7. The Morgan fingerprint density at radius 2 is 1.79 bits per heavy atom. The van der Waals surface area contributed by atoms with Crippen LogP contribution in [0, 0.1) is 0 Å². The number of nitrogens with zero attached hydrogens (tertiary/aromatic N) is 2. The molecule has 0 unspecified atom stereocenters. The van der Waals surface area contributed by atoms with Crippen LogP contribution in [0.1, 0.15) is 44.1 Å². The Bertz CT molecular complexity index is 750. The van der Waals surface area contributed by atoms with Gasteiger partial charge in [0.05, 0.1) is 13.0 Å². The molecule has 0 radical (unpaired) electrons. The SMILES string of the molecule is O=C(Cc1ccccc1)NCC(=O)N1CCCN1C(=S)NCCC1=CCCCC1. The van der Waals surface area contributed by atoms with Gasteiger partial charge in [-0.25, -0.2) is 0 Å². The van der Waals surface area contributed by atoms with Crippen LogP contribution in [-0.4, -0.2) is 53.1 Å². The largest absolute Gasteiger partial charge is 0.361 e. The first-order valence-electron chi connectivity index (χ1n) is 10.5. The molecule has 0 aromatic heterocycles. The van der Waals surface area contributed by atoms with E-state index in [4.69, 9.17) is 12.2 Å². The molecule has 0 atom stereocenters. The molecular weight excluding hydrogens is 384 g/mol. The smallest absolute Gasteiger partial charge is 0.260 e. The number of nitrogens with one attached hydrogen (secondary N) is 2. The van der Waals surface area contributed by atoms with E-state index < -0.39 is 0 Å². The topological polar surface area (TPSA) is 64.7 Å². The lowest BCUT2D eigenvalue weighted by Gasteiger charge is -2.30. The molecule has 1 aromatic carbocycles. The van der Waals surface area contributed by atoms with Gasteiger partial charge in [-0.2, -0.15) is 0 Å². The molecule has 1 heterocycles. The van der Waals surface area contributed by atoms with Crippen LogP contribution >= 0.6 is 12.2 Å². The normalized spacial score (nSPS) is 16.3. The first kappa shape index (κ1) is 21.3. The molecule has 0 bridgehead atoms. The zero-order valence-electron chi connectivity index (χ0n) is 16.9. The van der Waals surface area contributed by atoms with Gasteiger partial charge in [0.15, 0.2) is 5.11 Å². The van der Waals surface area contributed by atoms with Gasteiger partial charge in [-0.1, -0.05) is 42.0 Å².